The highest BCUT2D eigenvalue weighted by atomic mass is 32.2. The highest BCUT2D eigenvalue weighted by Crippen LogP contribution is 2.24. The molecule has 0 spiro atoms. The van der Waals surface area contributed by atoms with Crippen molar-refractivity contribution in [2.24, 2.45) is 0 Å². The van der Waals surface area contributed by atoms with Crippen LogP contribution in [0.15, 0.2) is 83.8 Å². The number of halogens is 2. The number of anilines is 1. The van der Waals surface area contributed by atoms with Crippen LogP contribution in [0.1, 0.15) is 19.4 Å². The topological polar surface area (TPSA) is 86.8 Å². The average Bonchev–Trinajstić information content (AvgIpc) is 2.87. The molecule has 1 N–H and O–H groups in total. The Morgan fingerprint density at radius 3 is 2.00 bits per heavy atom. The quantitative estimate of drug-likeness (QED) is 0.446. The molecule has 0 saturated heterocycles. The number of nitrogens with zero attached hydrogens (tertiary/aromatic N) is 2. The largest absolute Gasteiger partial charge is 0.355 e. The SMILES string of the molecule is CCNC(=O)[C@H](C)N(Cc1ccc(F)cc1)C(=O)CN(c1ccccc1)S(=O)(=O)c1ccc(F)cc1. The van der Waals surface area contributed by atoms with Crippen LogP contribution in [0.2, 0.25) is 0 Å². The van der Waals surface area contributed by atoms with Crippen molar-refractivity contribution in [3.63, 3.8) is 0 Å². The molecule has 3 aromatic rings. The summed E-state index contributed by atoms with van der Waals surface area (Å²) in [4.78, 5) is 27.2. The Balaban J connectivity index is 1.99. The second-order valence-electron chi connectivity index (χ2n) is 8.02. The van der Waals surface area contributed by atoms with E-state index in [1.807, 2.05) is 0 Å². The number of rotatable bonds is 10. The fourth-order valence-electron chi connectivity index (χ4n) is 3.55. The molecule has 1 atom stereocenters. The normalized spacial score (nSPS) is 12.0. The summed E-state index contributed by atoms with van der Waals surface area (Å²) in [6.45, 7) is 2.96. The molecule has 0 aliphatic carbocycles. The van der Waals surface area contributed by atoms with Crippen molar-refractivity contribution in [3.8, 4) is 0 Å². The second-order valence-corrected chi connectivity index (χ2v) is 9.88. The van der Waals surface area contributed by atoms with Crippen LogP contribution < -0.4 is 9.62 Å². The smallest absolute Gasteiger partial charge is 0.264 e. The van der Waals surface area contributed by atoms with E-state index in [0.717, 1.165) is 28.6 Å². The fourth-order valence-corrected chi connectivity index (χ4v) is 4.96. The summed E-state index contributed by atoms with van der Waals surface area (Å²) in [5.74, 6) is -2.11. The Labute approximate surface area is 209 Å². The van der Waals surface area contributed by atoms with Crippen LogP contribution in [0.3, 0.4) is 0 Å². The van der Waals surface area contributed by atoms with E-state index in [9.17, 15) is 26.8 Å². The lowest BCUT2D eigenvalue weighted by atomic mass is 10.1. The zero-order valence-corrected chi connectivity index (χ0v) is 20.7. The molecule has 3 aromatic carbocycles. The molecule has 0 radical (unpaired) electrons. The standard InChI is InChI=1S/C26H27F2N3O4S/c1-3-29-26(33)19(2)30(17-20-9-11-21(27)12-10-20)25(32)18-31(23-7-5-4-6-8-23)36(34,35)24-15-13-22(28)14-16-24/h4-16,19H,3,17-18H2,1-2H3,(H,29,33)/t19-/m0/s1. The van der Waals surface area contributed by atoms with Crippen molar-refractivity contribution in [3.05, 3.63) is 96.1 Å². The molecule has 0 aromatic heterocycles. The molecule has 10 heteroatoms. The molecule has 0 saturated carbocycles. The predicted octanol–water partition coefficient (Wildman–Crippen LogP) is 3.71. The van der Waals surface area contributed by atoms with E-state index in [1.54, 1.807) is 25.1 Å². The Morgan fingerprint density at radius 2 is 1.44 bits per heavy atom. The maximum Gasteiger partial charge on any atom is 0.264 e. The number of nitrogens with one attached hydrogen (secondary N) is 1. The number of likely N-dealkylation sites (N-methyl/N-ethyl adjacent to an activating group) is 1. The lowest BCUT2D eigenvalue weighted by molar-refractivity contribution is -0.139. The molecular weight excluding hydrogens is 488 g/mol. The zero-order chi connectivity index (χ0) is 26.3. The average molecular weight is 516 g/mol. The van der Waals surface area contributed by atoms with Gasteiger partial charge >= 0.3 is 0 Å². The lowest BCUT2D eigenvalue weighted by Crippen LogP contribution is -2.51. The summed E-state index contributed by atoms with van der Waals surface area (Å²) < 4.78 is 54.8. The molecule has 7 nitrogen and oxygen atoms in total. The number of benzene rings is 3. The van der Waals surface area contributed by atoms with Crippen LogP contribution in [-0.4, -0.2) is 44.3 Å². The highest BCUT2D eigenvalue weighted by Gasteiger charge is 2.32. The molecule has 0 bridgehead atoms. The summed E-state index contributed by atoms with van der Waals surface area (Å²) in [6, 6.07) is 16.8. The Morgan fingerprint density at radius 1 is 0.889 bits per heavy atom. The van der Waals surface area contributed by atoms with Gasteiger partial charge < -0.3 is 10.2 Å². The number of carbonyl (C=O) groups excluding carboxylic acids is 2. The van der Waals surface area contributed by atoms with Crippen LogP contribution in [0.25, 0.3) is 0 Å². The first-order valence-corrected chi connectivity index (χ1v) is 12.7. The molecule has 0 heterocycles. The Hall–Kier alpha value is -3.79. The van der Waals surface area contributed by atoms with E-state index in [1.165, 1.54) is 48.2 Å². The van der Waals surface area contributed by atoms with Gasteiger partial charge in [0.1, 0.15) is 24.2 Å². The van der Waals surface area contributed by atoms with Gasteiger partial charge in [-0.1, -0.05) is 30.3 Å². The van der Waals surface area contributed by atoms with Crippen molar-refractivity contribution >= 4 is 27.5 Å². The number of para-hydroxylation sites is 1. The van der Waals surface area contributed by atoms with E-state index < -0.39 is 46.1 Å². The third-order valence-corrected chi connectivity index (χ3v) is 7.30. The van der Waals surface area contributed by atoms with Crippen molar-refractivity contribution in [1.82, 2.24) is 10.2 Å². The summed E-state index contributed by atoms with van der Waals surface area (Å²) in [5, 5.41) is 2.66. The second kappa shape index (κ2) is 11.8. The van der Waals surface area contributed by atoms with E-state index in [4.69, 9.17) is 0 Å². The number of hydrogen-bond acceptors (Lipinski definition) is 4. The molecule has 0 fully saturated rings. The molecule has 0 aliphatic rings. The monoisotopic (exact) mass is 515 g/mol. The van der Waals surface area contributed by atoms with E-state index in [-0.39, 0.29) is 17.1 Å². The maximum atomic E-state index is 13.6. The van der Waals surface area contributed by atoms with E-state index >= 15 is 0 Å². The molecule has 3 rings (SSSR count). The van der Waals surface area contributed by atoms with Crippen molar-refractivity contribution in [2.45, 2.75) is 31.3 Å². The van der Waals surface area contributed by atoms with Gasteiger partial charge in [0.2, 0.25) is 11.8 Å². The van der Waals surface area contributed by atoms with Crippen LogP contribution in [-0.2, 0) is 26.2 Å². The first-order chi connectivity index (χ1) is 17.1. The third-order valence-electron chi connectivity index (χ3n) is 5.51. The third kappa shape index (κ3) is 6.45. The maximum absolute atomic E-state index is 13.6. The van der Waals surface area contributed by atoms with Crippen molar-refractivity contribution < 1.29 is 26.8 Å². The fraction of sp³-hybridized carbons (Fsp3) is 0.231. The van der Waals surface area contributed by atoms with Crippen molar-refractivity contribution in [1.29, 1.82) is 0 Å². The number of amides is 2. The van der Waals surface area contributed by atoms with Gasteiger partial charge in [0, 0.05) is 13.1 Å². The summed E-state index contributed by atoms with van der Waals surface area (Å²) in [6.07, 6.45) is 0. The van der Waals surface area contributed by atoms with Gasteiger partial charge in [-0.2, -0.15) is 0 Å². The molecule has 36 heavy (non-hydrogen) atoms. The van der Waals surface area contributed by atoms with Gasteiger partial charge in [-0.3, -0.25) is 13.9 Å². The van der Waals surface area contributed by atoms with Gasteiger partial charge in [-0.15, -0.1) is 0 Å². The Bertz CT molecular complexity index is 1290. The van der Waals surface area contributed by atoms with Gasteiger partial charge in [0.15, 0.2) is 0 Å². The molecule has 0 unspecified atom stereocenters. The number of carbonyl (C=O) groups is 2. The lowest BCUT2D eigenvalue weighted by Gasteiger charge is -2.32. The summed E-state index contributed by atoms with van der Waals surface area (Å²) in [7, 11) is -4.27. The molecular formula is C26H27F2N3O4S. The summed E-state index contributed by atoms with van der Waals surface area (Å²) >= 11 is 0. The first kappa shape index (κ1) is 26.8. The first-order valence-electron chi connectivity index (χ1n) is 11.3. The summed E-state index contributed by atoms with van der Waals surface area (Å²) in [5.41, 5.74) is 0.788. The zero-order valence-electron chi connectivity index (χ0n) is 19.9. The van der Waals surface area contributed by atoms with E-state index in [2.05, 4.69) is 5.32 Å². The van der Waals surface area contributed by atoms with Gasteiger partial charge in [-0.05, 0) is 67.9 Å². The minimum Gasteiger partial charge on any atom is -0.355 e. The molecule has 2 amide bonds. The van der Waals surface area contributed by atoms with Gasteiger partial charge in [0.25, 0.3) is 10.0 Å². The van der Waals surface area contributed by atoms with Crippen LogP contribution in [0.4, 0.5) is 14.5 Å². The molecule has 190 valence electrons. The number of hydrogen-bond donors (Lipinski definition) is 1. The predicted molar refractivity (Wildman–Crippen MR) is 132 cm³/mol. The van der Waals surface area contributed by atoms with Crippen LogP contribution >= 0.6 is 0 Å². The van der Waals surface area contributed by atoms with Gasteiger partial charge in [-0.25, -0.2) is 17.2 Å². The van der Waals surface area contributed by atoms with Gasteiger partial charge in [0.05, 0.1) is 10.6 Å². The van der Waals surface area contributed by atoms with Crippen molar-refractivity contribution in [2.75, 3.05) is 17.4 Å². The minimum atomic E-state index is -4.27. The van der Waals surface area contributed by atoms with Crippen LogP contribution in [0.5, 0.6) is 0 Å². The molecule has 0 aliphatic heterocycles. The Kier molecular flexibility index (Phi) is 8.76. The minimum absolute atomic E-state index is 0.0450. The number of sulfonamides is 1. The van der Waals surface area contributed by atoms with E-state index in [0.29, 0.717) is 12.1 Å². The van der Waals surface area contributed by atoms with Crippen LogP contribution in [0, 0.1) is 11.6 Å². The highest BCUT2D eigenvalue weighted by molar-refractivity contribution is 7.92.